The molecule has 1 saturated heterocycles. The summed E-state index contributed by atoms with van der Waals surface area (Å²) in [5.41, 5.74) is 2.04. The van der Waals surface area contributed by atoms with Gasteiger partial charge >= 0.3 is 0 Å². The maximum Gasteiger partial charge on any atom is 0.240 e. The lowest BCUT2D eigenvalue weighted by molar-refractivity contribution is -0.115. The molecule has 4 nitrogen and oxygen atoms in total. The Kier molecular flexibility index (Phi) is 4.34. The molecule has 1 aliphatic heterocycles. The number of hydrogen-bond donors (Lipinski definition) is 0. The van der Waals surface area contributed by atoms with Crippen molar-refractivity contribution in [2.45, 2.75) is 5.37 Å². The van der Waals surface area contributed by atoms with Gasteiger partial charge in [0, 0.05) is 15.6 Å². The van der Waals surface area contributed by atoms with E-state index in [9.17, 15) is 4.79 Å². The van der Waals surface area contributed by atoms with Crippen molar-refractivity contribution in [3.05, 3.63) is 57.6 Å². The van der Waals surface area contributed by atoms with Gasteiger partial charge in [-0.25, -0.2) is 4.98 Å². The van der Waals surface area contributed by atoms with Crippen LogP contribution in [0.1, 0.15) is 16.5 Å². The number of amides is 1. The molecule has 8 heteroatoms. The van der Waals surface area contributed by atoms with Crippen LogP contribution in [-0.2, 0) is 4.79 Å². The van der Waals surface area contributed by atoms with E-state index in [1.165, 1.54) is 23.1 Å². The van der Waals surface area contributed by atoms with Crippen molar-refractivity contribution in [2.24, 2.45) is 0 Å². The van der Waals surface area contributed by atoms with Crippen molar-refractivity contribution < 1.29 is 4.79 Å². The second kappa shape index (κ2) is 6.50. The lowest BCUT2D eigenvalue weighted by Gasteiger charge is -2.23. The van der Waals surface area contributed by atoms with Gasteiger partial charge in [0.2, 0.25) is 5.91 Å². The van der Waals surface area contributed by atoms with Gasteiger partial charge in [-0.15, -0.1) is 11.8 Å². The van der Waals surface area contributed by atoms with Crippen LogP contribution in [0.15, 0.2) is 36.4 Å². The second-order valence-corrected chi connectivity index (χ2v) is 8.25. The second-order valence-electron chi connectivity index (χ2n) is 5.35. The highest BCUT2D eigenvalue weighted by molar-refractivity contribution is 8.00. The Balaban J connectivity index is 1.82. The van der Waals surface area contributed by atoms with Crippen molar-refractivity contribution in [2.75, 3.05) is 10.7 Å². The summed E-state index contributed by atoms with van der Waals surface area (Å²) in [5.74, 6) is 0.302. The molecule has 1 amide bonds. The Morgan fingerprint density at radius 3 is 2.72 bits per heavy atom. The van der Waals surface area contributed by atoms with E-state index in [0.29, 0.717) is 26.5 Å². The normalized spacial score (nSPS) is 17.2. The van der Waals surface area contributed by atoms with E-state index in [-0.39, 0.29) is 11.3 Å². The van der Waals surface area contributed by atoms with Crippen LogP contribution in [0, 0.1) is 11.3 Å². The average molecular weight is 406 g/mol. The van der Waals surface area contributed by atoms with E-state index < -0.39 is 0 Å². The van der Waals surface area contributed by atoms with Crippen molar-refractivity contribution in [1.29, 1.82) is 5.26 Å². The van der Waals surface area contributed by atoms with E-state index in [0.717, 1.165) is 15.8 Å². The van der Waals surface area contributed by atoms with Crippen LogP contribution in [-0.4, -0.2) is 16.6 Å². The topological polar surface area (TPSA) is 57.0 Å². The maximum absolute atomic E-state index is 12.5. The molecule has 1 aliphatic rings. The number of aromatic nitrogens is 1. The van der Waals surface area contributed by atoms with Crippen LogP contribution in [0.3, 0.4) is 0 Å². The fraction of sp³-hybridized carbons (Fsp3) is 0.118. The molecule has 0 radical (unpaired) electrons. The number of benzene rings is 2. The number of thiazole rings is 1. The average Bonchev–Trinajstić information content (AvgIpc) is 3.17. The third-order valence-electron chi connectivity index (χ3n) is 3.83. The predicted molar refractivity (Wildman–Crippen MR) is 103 cm³/mol. The van der Waals surface area contributed by atoms with Gasteiger partial charge in [-0.2, -0.15) is 5.26 Å². The Morgan fingerprint density at radius 1 is 1.24 bits per heavy atom. The summed E-state index contributed by atoms with van der Waals surface area (Å²) in [6.45, 7) is 0. The molecule has 0 N–H and O–H groups in total. The van der Waals surface area contributed by atoms with Crippen molar-refractivity contribution in [1.82, 2.24) is 4.98 Å². The molecule has 1 atom stereocenters. The lowest BCUT2D eigenvalue weighted by atomic mass is 10.2. The van der Waals surface area contributed by atoms with Crippen LogP contribution in [0.2, 0.25) is 10.0 Å². The van der Waals surface area contributed by atoms with Gasteiger partial charge < -0.3 is 0 Å². The van der Waals surface area contributed by atoms with Gasteiger partial charge in [-0.3, -0.25) is 9.69 Å². The summed E-state index contributed by atoms with van der Waals surface area (Å²) >= 11 is 15.5. The third-order valence-corrected chi connectivity index (χ3v) is 6.68. The van der Waals surface area contributed by atoms with E-state index in [1.54, 1.807) is 41.3 Å². The Hall–Kier alpha value is -1.78. The zero-order chi connectivity index (χ0) is 17.6. The van der Waals surface area contributed by atoms with Crippen molar-refractivity contribution in [3.8, 4) is 6.07 Å². The number of carbonyl (C=O) groups is 1. The molecule has 1 unspecified atom stereocenters. The SMILES string of the molecule is N#Cc1ccc2nc(N3C(=O)CSC3c3c(Cl)cccc3Cl)sc2c1. The number of halogens is 2. The standard InChI is InChI=1S/C17H9Cl2N3OS2/c18-10-2-1-3-11(19)15(10)16-22(14(23)8-24-16)17-21-12-5-4-9(7-20)6-13(12)25-17/h1-6,16H,8H2. The number of nitriles is 1. The quantitative estimate of drug-likeness (QED) is 0.583. The van der Waals surface area contributed by atoms with Gasteiger partial charge in [-0.1, -0.05) is 40.6 Å². The molecule has 1 aromatic heterocycles. The van der Waals surface area contributed by atoms with Crippen LogP contribution in [0.5, 0.6) is 0 Å². The minimum absolute atomic E-state index is 0.0365. The van der Waals surface area contributed by atoms with Crippen LogP contribution in [0.25, 0.3) is 10.2 Å². The highest BCUT2D eigenvalue weighted by atomic mass is 35.5. The number of rotatable bonds is 2. The lowest BCUT2D eigenvalue weighted by Crippen LogP contribution is -2.28. The number of hydrogen-bond acceptors (Lipinski definition) is 5. The molecule has 0 aliphatic carbocycles. The summed E-state index contributed by atoms with van der Waals surface area (Å²) in [5, 5.41) is 10.4. The van der Waals surface area contributed by atoms with E-state index in [4.69, 9.17) is 28.5 Å². The molecule has 0 bridgehead atoms. The van der Waals surface area contributed by atoms with Gasteiger partial charge in [0.25, 0.3) is 0 Å². The van der Waals surface area contributed by atoms with Crippen molar-refractivity contribution >= 4 is 67.6 Å². The summed E-state index contributed by atoms with van der Waals surface area (Å²) < 4.78 is 0.864. The predicted octanol–water partition coefficient (Wildman–Crippen LogP) is 5.25. The minimum atomic E-state index is -0.315. The van der Waals surface area contributed by atoms with Gasteiger partial charge in [0.05, 0.1) is 27.6 Å². The zero-order valence-corrected chi connectivity index (χ0v) is 15.7. The maximum atomic E-state index is 12.5. The summed E-state index contributed by atoms with van der Waals surface area (Å²) in [4.78, 5) is 18.7. The molecule has 0 spiro atoms. The van der Waals surface area contributed by atoms with Crippen LogP contribution in [0.4, 0.5) is 5.13 Å². The molecule has 124 valence electrons. The first-order chi connectivity index (χ1) is 12.1. The molecular formula is C17H9Cl2N3OS2. The first kappa shape index (κ1) is 16.7. The first-order valence-corrected chi connectivity index (χ1v) is 9.89. The number of fused-ring (bicyclic) bond motifs is 1. The summed E-state index contributed by atoms with van der Waals surface area (Å²) in [6.07, 6.45) is 0. The van der Waals surface area contributed by atoms with E-state index in [2.05, 4.69) is 11.1 Å². The highest BCUT2D eigenvalue weighted by Gasteiger charge is 2.38. The van der Waals surface area contributed by atoms with Gasteiger partial charge in [-0.05, 0) is 30.3 Å². The van der Waals surface area contributed by atoms with Crippen LogP contribution >= 0.6 is 46.3 Å². The fourth-order valence-corrected chi connectivity index (χ4v) is 5.75. The number of carbonyl (C=O) groups excluding carboxylic acids is 1. The molecule has 2 heterocycles. The smallest absolute Gasteiger partial charge is 0.240 e. The van der Waals surface area contributed by atoms with Gasteiger partial charge in [0.15, 0.2) is 5.13 Å². The zero-order valence-electron chi connectivity index (χ0n) is 12.6. The minimum Gasteiger partial charge on any atom is -0.273 e. The molecular weight excluding hydrogens is 397 g/mol. The molecule has 25 heavy (non-hydrogen) atoms. The molecule has 0 saturated carbocycles. The third kappa shape index (κ3) is 2.87. The van der Waals surface area contributed by atoms with Crippen molar-refractivity contribution in [3.63, 3.8) is 0 Å². The monoisotopic (exact) mass is 405 g/mol. The number of nitrogens with zero attached hydrogens (tertiary/aromatic N) is 3. The summed E-state index contributed by atoms with van der Waals surface area (Å²) in [7, 11) is 0. The largest absolute Gasteiger partial charge is 0.273 e. The molecule has 4 rings (SSSR count). The Morgan fingerprint density at radius 2 is 2.00 bits per heavy atom. The Bertz CT molecular complexity index is 1020. The fourth-order valence-electron chi connectivity index (χ4n) is 2.68. The molecule has 1 fully saturated rings. The highest BCUT2D eigenvalue weighted by Crippen LogP contribution is 2.47. The van der Waals surface area contributed by atoms with E-state index in [1.807, 2.05) is 0 Å². The number of thioether (sulfide) groups is 1. The summed E-state index contributed by atoms with van der Waals surface area (Å²) in [6, 6.07) is 12.7. The first-order valence-electron chi connectivity index (χ1n) is 7.27. The number of anilines is 1. The molecule has 3 aromatic rings. The Labute approximate surface area is 162 Å². The molecule has 2 aromatic carbocycles. The van der Waals surface area contributed by atoms with Gasteiger partial charge in [0.1, 0.15) is 5.37 Å². The van der Waals surface area contributed by atoms with Crippen LogP contribution < -0.4 is 4.90 Å². The van der Waals surface area contributed by atoms with E-state index >= 15 is 0 Å².